The van der Waals surface area contributed by atoms with Crippen LogP contribution in [0.25, 0.3) is 23.2 Å². The minimum atomic E-state index is -0.161. The third kappa shape index (κ3) is 4.05. The van der Waals surface area contributed by atoms with E-state index in [1.54, 1.807) is 11.3 Å². The van der Waals surface area contributed by atoms with Gasteiger partial charge in [-0.3, -0.25) is 4.79 Å². The topological polar surface area (TPSA) is 56.5 Å². The van der Waals surface area contributed by atoms with Crippen LogP contribution in [0, 0.1) is 0 Å². The number of hydrogen-bond acceptors (Lipinski definition) is 6. The maximum Gasteiger partial charge on any atom is 0.291 e. The van der Waals surface area contributed by atoms with Gasteiger partial charge in [-0.2, -0.15) is 9.50 Å². The average molecular weight is 410 g/mol. The highest BCUT2D eigenvalue weighted by molar-refractivity contribution is 7.15. The van der Waals surface area contributed by atoms with Crippen LogP contribution in [-0.4, -0.2) is 21.2 Å². The molecule has 4 aromatic rings. The number of para-hydroxylation sites is 1. The number of fused-ring (bicyclic) bond motifs is 1. The van der Waals surface area contributed by atoms with E-state index in [0.717, 1.165) is 29.0 Å². The van der Waals surface area contributed by atoms with Crippen molar-refractivity contribution in [3.05, 3.63) is 72.9 Å². The van der Waals surface area contributed by atoms with Crippen LogP contribution in [0.5, 0.6) is 5.75 Å². The van der Waals surface area contributed by atoms with E-state index in [4.69, 9.17) is 4.74 Å². The van der Waals surface area contributed by atoms with E-state index in [1.807, 2.05) is 60.0 Å². The number of benzene rings is 1. The van der Waals surface area contributed by atoms with E-state index in [1.165, 1.54) is 15.9 Å². The first kappa shape index (κ1) is 18.6. The van der Waals surface area contributed by atoms with E-state index in [-0.39, 0.29) is 5.56 Å². The first-order chi connectivity index (χ1) is 13.7. The van der Waals surface area contributed by atoms with Crippen LogP contribution in [0.3, 0.4) is 0 Å². The number of ether oxygens (including phenoxy) is 1. The van der Waals surface area contributed by atoms with Crippen LogP contribution < -0.4 is 14.8 Å². The molecule has 0 spiro atoms. The summed E-state index contributed by atoms with van der Waals surface area (Å²) in [6.07, 6.45) is 7.70. The maximum atomic E-state index is 12.7. The van der Waals surface area contributed by atoms with E-state index in [2.05, 4.69) is 17.0 Å². The molecule has 0 aliphatic heterocycles. The van der Waals surface area contributed by atoms with Crippen molar-refractivity contribution in [2.24, 2.45) is 0 Å². The Labute approximate surface area is 170 Å². The first-order valence-electron chi connectivity index (χ1n) is 9.09. The summed E-state index contributed by atoms with van der Waals surface area (Å²) >= 11 is 2.98. The van der Waals surface area contributed by atoms with Crippen LogP contribution >= 0.6 is 22.7 Å². The van der Waals surface area contributed by atoms with Crippen molar-refractivity contribution in [1.82, 2.24) is 14.6 Å². The molecule has 0 atom stereocenters. The Morgan fingerprint density at radius 3 is 2.86 bits per heavy atom. The predicted molar refractivity (Wildman–Crippen MR) is 116 cm³/mol. The summed E-state index contributed by atoms with van der Waals surface area (Å²) in [5, 5.41) is 6.34. The summed E-state index contributed by atoms with van der Waals surface area (Å²) in [7, 11) is 0. The quantitative estimate of drug-likeness (QED) is 0.431. The molecule has 0 aliphatic carbocycles. The Kier molecular flexibility index (Phi) is 5.64. The van der Waals surface area contributed by atoms with E-state index in [0.29, 0.717) is 21.9 Å². The summed E-state index contributed by atoms with van der Waals surface area (Å²) in [5.74, 6) is 1.32. The lowest BCUT2D eigenvalue weighted by atomic mass is 10.2. The number of rotatable bonds is 7. The Bertz CT molecular complexity index is 1210. The third-order valence-corrected chi connectivity index (χ3v) is 5.90. The monoisotopic (exact) mass is 409 g/mol. The molecule has 4 rings (SSSR count). The summed E-state index contributed by atoms with van der Waals surface area (Å²) in [5.41, 5.74) is 0.727. The molecule has 0 amide bonds. The Hall–Kier alpha value is -2.77. The minimum absolute atomic E-state index is 0.161. The van der Waals surface area contributed by atoms with Crippen molar-refractivity contribution < 1.29 is 4.74 Å². The van der Waals surface area contributed by atoms with Crippen molar-refractivity contribution in [1.29, 1.82) is 0 Å². The lowest BCUT2D eigenvalue weighted by Crippen LogP contribution is -2.23. The fraction of sp³-hybridized carbons (Fsp3) is 0.190. The number of nitrogens with zero attached hydrogens (tertiary/aromatic N) is 3. The molecule has 3 aromatic heterocycles. The second-order valence-corrected chi connectivity index (χ2v) is 8.16. The molecule has 0 N–H and O–H groups in total. The van der Waals surface area contributed by atoms with Crippen molar-refractivity contribution in [3.63, 3.8) is 0 Å². The lowest BCUT2D eigenvalue weighted by molar-refractivity contribution is 0.309. The zero-order chi connectivity index (χ0) is 19.3. The molecule has 0 unspecified atom stereocenters. The molecule has 1 aromatic carbocycles. The van der Waals surface area contributed by atoms with Crippen LogP contribution in [0.4, 0.5) is 0 Å². The van der Waals surface area contributed by atoms with E-state index >= 15 is 0 Å². The predicted octanol–water partition coefficient (Wildman–Crippen LogP) is 4.11. The Balaban J connectivity index is 1.64. The van der Waals surface area contributed by atoms with E-state index < -0.39 is 0 Å². The number of thiophene rings is 1. The van der Waals surface area contributed by atoms with Gasteiger partial charge in [-0.15, -0.1) is 16.4 Å². The summed E-state index contributed by atoms with van der Waals surface area (Å²) in [6.45, 7) is 2.80. The molecule has 5 nitrogen and oxygen atoms in total. The highest BCUT2D eigenvalue weighted by Crippen LogP contribution is 2.19. The van der Waals surface area contributed by atoms with Gasteiger partial charge >= 0.3 is 0 Å². The van der Waals surface area contributed by atoms with E-state index in [9.17, 15) is 4.79 Å². The Morgan fingerprint density at radius 1 is 1.18 bits per heavy atom. The molecule has 7 heteroatoms. The molecule has 142 valence electrons. The smallest absolute Gasteiger partial charge is 0.291 e. The number of unbranched alkanes of at least 4 members (excludes halogenated alkanes) is 1. The van der Waals surface area contributed by atoms with Gasteiger partial charge in [-0.05, 0) is 42.2 Å². The zero-order valence-electron chi connectivity index (χ0n) is 15.4. The molecule has 28 heavy (non-hydrogen) atoms. The molecule has 0 radical (unpaired) electrons. The number of aromatic nitrogens is 3. The minimum Gasteiger partial charge on any atom is -0.493 e. The fourth-order valence-electron chi connectivity index (χ4n) is 2.66. The zero-order valence-corrected chi connectivity index (χ0v) is 17.0. The summed E-state index contributed by atoms with van der Waals surface area (Å²) in [6, 6.07) is 11.8. The second-order valence-electron chi connectivity index (χ2n) is 6.17. The number of thiazole rings is 1. The van der Waals surface area contributed by atoms with Gasteiger partial charge in [0.1, 0.15) is 5.75 Å². The molecule has 3 heterocycles. The van der Waals surface area contributed by atoms with Crippen LogP contribution in [0.2, 0.25) is 0 Å². The van der Waals surface area contributed by atoms with Gasteiger partial charge in [-0.1, -0.05) is 48.9 Å². The summed E-state index contributed by atoms with van der Waals surface area (Å²) < 4.78 is 7.82. The molecule has 0 aliphatic rings. The van der Waals surface area contributed by atoms with Gasteiger partial charge in [-0.25, -0.2) is 0 Å². The van der Waals surface area contributed by atoms with Gasteiger partial charge in [0.25, 0.3) is 5.56 Å². The van der Waals surface area contributed by atoms with Crippen molar-refractivity contribution in [2.45, 2.75) is 19.8 Å². The van der Waals surface area contributed by atoms with Crippen LogP contribution in [-0.2, 0) is 0 Å². The maximum absolute atomic E-state index is 12.7. The van der Waals surface area contributed by atoms with Crippen LogP contribution in [0.15, 0.2) is 46.6 Å². The molecular formula is C21H19N3O2S2. The van der Waals surface area contributed by atoms with Gasteiger partial charge in [0.15, 0.2) is 5.82 Å². The second kappa shape index (κ2) is 8.50. The number of hydrogen-bond donors (Lipinski definition) is 0. The van der Waals surface area contributed by atoms with Crippen molar-refractivity contribution in [3.8, 4) is 5.75 Å². The third-order valence-electron chi connectivity index (χ3n) is 4.10. The standard InChI is InChI=1S/C21H19N3O2S2/c1-2-3-12-26-17-9-5-4-7-15(17)14-18-20(25)24-21(28-18)22-19(23-24)11-10-16-8-6-13-27-16/h4-11,13-14H,2-3,12H2,1H3/b11-10+,18-14-. The van der Waals surface area contributed by atoms with Gasteiger partial charge in [0.05, 0.1) is 11.1 Å². The van der Waals surface area contributed by atoms with Crippen molar-refractivity contribution >= 4 is 45.9 Å². The highest BCUT2D eigenvalue weighted by Gasteiger charge is 2.10. The molecule has 0 saturated heterocycles. The van der Waals surface area contributed by atoms with Crippen molar-refractivity contribution in [2.75, 3.05) is 6.61 Å². The Morgan fingerprint density at radius 2 is 2.07 bits per heavy atom. The summed E-state index contributed by atoms with van der Waals surface area (Å²) in [4.78, 5) is 18.9. The van der Waals surface area contributed by atoms with Gasteiger partial charge in [0, 0.05) is 10.4 Å². The normalized spacial score (nSPS) is 12.4. The van der Waals surface area contributed by atoms with Gasteiger partial charge in [0.2, 0.25) is 4.96 Å². The lowest BCUT2D eigenvalue weighted by Gasteiger charge is -2.07. The molecule has 0 bridgehead atoms. The molecular weight excluding hydrogens is 390 g/mol. The SMILES string of the molecule is CCCCOc1ccccc1/C=c1\sc2nc(/C=C/c3cccs3)nn2c1=O. The first-order valence-corrected chi connectivity index (χ1v) is 10.8. The fourth-order valence-corrected chi connectivity index (χ4v) is 4.18. The highest BCUT2D eigenvalue weighted by atomic mass is 32.1. The molecule has 0 fully saturated rings. The van der Waals surface area contributed by atoms with Crippen LogP contribution in [0.1, 0.15) is 36.0 Å². The average Bonchev–Trinajstić information content (AvgIpc) is 3.41. The molecule has 0 saturated carbocycles. The largest absolute Gasteiger partial charge is 0.493 e. The van der Waals surface area contributed by atoms with Gasteiger partial charge < -0.3 is 4.74 Å².